The van der Waals surface area contributed by atoms with Crippen LogP contribution in [0.4, 0.5) is 6.01 Å². The van der Waals surface area contributed by atoms with E-state index in [9.17, 15) is 4.79 Å². The lowest BCUT2D eigenvalue weighted by molar-refractivity contribution is 0.0697. The van der Waals surface area contributed by atoms with Gasteiger partial charge in [-0.3, -0.25) is 0 Å². The molecule has 5 nitrogen and oxygen atoms in total. The lowest BCUT2D eigenvalue weighted by Gasteiger charge is -2.13. The molecule has 0 saturated heterocycles. The Morgan fingerprint density at radius 3 is 2.79 bits per heavy atom. The van der Waals surface area contributed by atoms with Gasteiger partial charge in [0.05, 0.1) is 5.56 Å². The van der Waals surface area contributed by atoms with Crippen LogP contribution in [0, 0.1) is 5.92 Å². The average Bonchev–Trinajstić information content (AvgIpc) is 2.68. The van der Waals surface area contributed by atoms with E-state index in [4.69, 9.17) is 9.52 Å². The summed E-state index contributed by atoms with van der Waals surface area (Å²) in [5, 5.41) is 12.1. The second kappa shape index (κ2) is 5.30. The third-order valence-electron chi connectivity index (χ3n) is 2.83. The molecule has 1 heterocycles. The largest absolute Gasteiger partial charge is 0.478 e. The van der Waals surface area contributed by atoms with E-state index < -0.39 is 5.97 Å². The molecule has 0 spiro atoms. The number of anilines is 1. The lowest BCUT2D eigenvalue weighted by atomic mass is 10.1. The van der Waals surface area contributed by atoms with E-state index in [1.807, 2.05) is 0 Å². The van der Waals surface area contributed by atoms with Crippen molar-refractivity contribution in [1.82, 2.24) is 4.98 Å². The van der Waals surface area contributed by atoms with Gasteiger partial charge in [-0.25, -0.2) is 4.79 Å². The van der Waals surface area contributed by atoms with E-state index in [0.717, 1.165) is 6.42 Å². The topological polar surface area (TPSA) is 75.4 Å². The molecule has 0 radical (unpaired) electrons. The maximum Gasteiger partial charge on any atom is 0.335 e. The third-order valence-corrected chi connectivity index (χ3v) is 2.83. The highest BCUT2D eigenvalue weighted by atomic mass is 16.4. The number of hydrogen-bond acceptors (Lipinski definition) is 4. The molecule has 102 valence electrons. The van der Waals surface area contributed by atoms with E-state index in [2.05, 4.69) is 31.1 Å². The zero-order chi connectivity index (χ0) is 14.0. The molecule has 0 saturated carbocycles. The van der Waals surface area contributed by atoms with Gasteiger partial charge in [-0.15, -0.1) is 0 Å². The fourth-order valence-corrected chi connectivity index (χ4v) is 2.10. The van der Waals surface area contributed by atoms with E-state index in [1.54, 1.807) is 6.07 Å². The standard InChI is InChI=1S/C14H18N2O3/c1-8(2)6-9(3)15-14-16-11-5-4-10(13(17)18)7-12(11)19-14/h4-5,7-9H,6H2,1-3H3,(H,15,16)(H,17,18). The summed E-state index contributed by atoms with van der Waals surface area (Å²) in [7, 11) is 0. The van der Waals surface area contributed by atoms with Gasteiger partial charge in [0.2, 0.25) is 0 Å². The van der Waals surface area contributed by atoms with E-state index in [1.165, 1.54) is 12.1 Å². The van der Waals surface area contributed by atoms with Crippen LogP contribution in [0.5, 0.6) is 0 Å². The number of aromatic nitrogens is 1. The van der Waals surface area contributed by atoms with Gasteiger partial charge in [-0.05, 0) is 37.5 Å². The molecule has 19 heavy (non-hydrogen) atoms. The quantitative estimate of drug-likeness (QED) is 0.864. The van der Waals surface area contributed by atoms with Crippen molar-refractivity contribution in [2.75, 3.05) is 5.32 Å². The van der Waals surface area contributed by atoms with Gasteiger partial charge in [-0.1, -0.05) is 13.8 Å². The molecule has 0 aliphatic rings. The van der Waals surface area contributed by atoms with Gasteiger partial charge in [0, 0.05) is 6.04 Å². The number of oxazole rings is 1. The smallest absolute Gasteiger partial charge is 0.335 e. The number of carboxylic acid groups (broad SMARTS) is 1. The number of carboxylic acids is 1. The van der Waals surface area contributed by atoms with Crippen molar-refractivity contribution in [3.63, 3.8) is 0 Å². The minimum atomic E-state index is -0.971. The van der Waals surface area contributed by atoms with Crippen molar-refractivity contribution in [2.45, 2.75) is 33.2 Å². The van der Waals surface area contributed by atoms with Crippen LogP contribution in [0.25, 0.3) is 11.1 Å². The van der Waals surface area contributed by atoms with E-state index in [0.29, 0.717) is 23.0 Å². The van der Waals surface area contributed by atoms with E-state index in [-0.39, 0.29) is 11.6 Å². The maximum atomic E-state index is 10.9. The van der Waals surface area contributed by atoms with Gasteiger partial charge < -0.3 is 14.8 Å². The van der Waals surface area contributed by atoms with Gasteiger partial charge in [0.1, 0.15) is 5.52 Å². The number of benzene rings is 1. The summed E-state index contributed by atoms with van der Waals surface area (Å²) < 4.78 is 5.53. The number of hydrogen-bond donors (Lipinski definition) is 2. The summed E-state index contributed by atoms with van der Waals surface area (Å²) in [4.78, 5) is 15.2. The molecular weight excluding hydrogens is 244 g/mol. The Bertz CT molecular complexity index is 589. The lowest BCUT2D eigenvalue weighted by Crippen LogP contribution is -2.17. The molecule has 2 aromatic rings. The average molecular weight is 262 g/mol. The first kappa shape index (κ1) is 13.4. The fourth-order valence-electron chi connectivity index (χ4n) is 2.10. The minimum absolute atomic E-state index is 0.199. The van der Waals surface area contributed by atoms with Crippen LogP contribution < -0.4 is 5.32 Å². The van der Waals surface area contributed by atoms with Crippen molar-refractivity contribution >= 4 is 23.1 Å². The first-order valence-corrected chi connectivity index (χ1v) is 6.36. The van der Waals surface area contributed by atoms with Crippen LogP contribution >= 0.6 is 0 Å². The van der Waals surface area contributed by atoms with Gasteiger partial charge >= 0.3 is 5.97 Å². The number of fused-ring (bicyclic) bond motifs is 1. The normalized spacial score (nSPS) is 12.8. The molecule has 0 bridgehead atoms. The third kappa shape index (κ3) is 3.24. The van der Waals surface area contributed by atoms with Crippen molar-refractivity contribution in [2.24, 2.45) is 5.92 Å². The Balaban J connectivity index is 2.19. The Morgan fingerprint density at radius 1 is 1.42 bits per heavy atom. The summed E-state index contributed by atoms with van der Waals surface area (Å²) in [5.41, 5.74) is 1.34. The van der Waals surface area contributed by atoms with Crippen LogP contribution in [-0.4, -0.2) is 22.1 Å². The highest BCUT2D eigenvalue weighted by molar-refractivity contribution is 5.92. The predicted molar refractivity (Wildman–Crippen MR) is 73.5 cm³/mol. The second-order valence-electron chi connectivity index (χ2n) is 5.18. The number of aromatic carboxylic acids is 1. The highest BCUT2D eigenvalue weighted by Gasteiger charge is 2.12. The van der Waals surface area contributed by atoms with Gasteiger partial charge in [0.15, 0.2) is 5.58 Å². The van der Waals surface area contributed by atoms with Crippen molar-refractivity contribution < 1.29 is 14.3 Å². The van der Waals surface area contributed by atoms with Crippen LogP contribution in [-0.2, 0) is 0 Å². The first-order chi connectivity index (χ1) is 8.95. The van der Waals surface area contributed by atoms with Crippen molar-refractivity contribution in [1.29, 1.82) is 0 Å². The van der Waals surface area contributed by atoms with E-state index >= 15 is 0 Å². The van der Waals surface area contributed by atoms with Crippen LogP contribution in [0.15, 0.2) is 22.6 Å². The zero-order valence-electron chi connectivity index (χ0n) is 11.3. The van der Waals surface area contributed by atoms with Crippen molar-refractivity contribution in [3.05, 3.63) is 23.8 Å². The number of nitrogens with zero attached hydrogens (tertiary/aromatic N) is 1. The number of carbonyl (C=O) groups is 1. The summed E-state index contributed by atoms with van der Waals surface area (Å²) >= 11 is 0. The molecule has 5 heteroatoms. The Kier molecular flexibility index (Phi) is 3.74. The molecule has 0 aliphatic heterocycles. The SMILES string of the molecule is CC(C)CC(C)Nc1nc2ccc(C(=O)O)cc2o1. The Hall–Kier alpha value is -2.04. The Labute approximate surface area is 111 Å². The molecule has 0 amide bonds. The maximum absolute atomic E-state index is 10.9. The molecule has 1 aromatic carbocycles. The van der Waals surface area contributed by atoms with Crippen LogP contribution in [0.3, 0.4) is 0 Å². The fraction of sp³-hybridized carbons (Fsp3) is 0.429. The Morgan fingerprint density at radius 2 is 2.16 bits per heavy atom. The number of nitrogens with one attached hydrogen (secondary N) is 1. The summed E-state index contributed by atoms with van der Waals surface area (Å²) in [5.74, 6) is -0.383. The monoisotopic (exact) mass is 262 g/mol. The number of rotatable bonds is 5. The molecule has 1 atom stereocenters. The summed E-state index contributed by atoms with van der Waals surface area (Å²) in [6, 6.07) is 5.36. The van der Waals surface area contributed by atoms with Crippen molar-refractivity contribution in [3.8, 4) is 0 Å². The van der Waals surface area contributed by atoms with Crippen LogP contribution in [0.2, 0.25) is 0 Å². The highest BCUT2D eigenvalue weighted by Crippen LogP contribution is 2.21. The molecule has 2 N–H and O–H groups in total. The summed E-state index contributed by atoms with van der Waals surface area (Å²) in [6.07, 6.45) is 1.01. The van der Waals surface area contributed by atoms with Crippen LogP contribution in [0.1, 0.15) is 37.6 Å². The molecule has 0 aliphatic carbocycles. The second-order valence-corrected chi connectivity index (χ2v) is 5.18. The van der Waals surface area contributed by atoms with Gasteiger partial charge in [-0.2, -0.15) is 4.98 Å². The van der Waals surface area contributed by atoms with Gasteiger partial charge in [0.25, 0.3) is 6.01 Å². The molecule has 2 rings (SSSR count). The summed E-state index contributed by atoms with van der Waals surface area (Å²) in [6.45, 7) is 6.38. The molecular formula is C14H18N2O3. The first-order valence-electron chi connectivity index (χ1n) is 6.36. The minimum Gasteiger partial charge on any atom is -0.478 e. The zero-order valence-corrected chi connectivity index (χ0v) is 11.3. The molecule has 1 unspecified atom stereocenters. The molecule has 1 aromatic heterocycles. The molecule has 0 fully saturated rings. The predicted octanol–water partition coefficient (Wildman–Crippen LogP) is 3.37.